The Morgan fingerprint density at radius 1 is 1.33 bits per heavy atom. The van der Waals surface area contributed by atoms with E-state index in [0.717, 1.165) is 0 Å². The predicted molar refractivity (Wildman–Crippen MR) is 81.4 cm³/mol. The molecule has 0 atom stereocenters. The van der Waals surface area contributed by atoms with Crippen molar-refractivity contribution in [3.05, 3.63) is 29.6 Å². The van der Waals surface area contributed by atoms with E-state index in [1.54, 1.807) is 6.07 Å². The summed E-state index contributed by atoms with van der Waals surface area (Å²) in [5.41, 5.74) is -0.167. The molecule has 0 saturated heterocycles. The van der Waals surface area contributed by atoms with E-state index in [1.807, 2.05) is 0 Å². The first kappa shape index (κ1) is 18.3. The fraction of sp³-hybridized carbons (Fsp3) is 0.500. The molecule has 0 aliphatic carbocycles. The molecule has 0 aromatic carbocycles. The van der Waals surface area contributed by atoms with Gasteiger partial charge in [-0.1, -0.05) is 0 Å². The number of ketones is 1. The second-order valence-electron chi connectivity index (χ2n) is 6.27. The number of Topliss-reactive ketones (excluding diaryl/α,β-unsaturated/α-hetero) is 1. The zero-order valence-corrected chi connectivity index (χ0v) is 13.6. The predicted octanol–water partition coefficient (Wildman–Crippen LogP) is 3.18. The summed E-state index contributed by atoms with van der Waals surface area (Å²) in [4.78, 5) is 11.6. The van der Waals surface area contributed by atoms with Crippen LogP contribution in [-0.2, 0) is 6.42 Å². The van der Waals surface area contributed by atoms with Crippen molar-refractivity contribution in [1.82, 2.24) is 9.61 Å². The fourth-order valence-corrected chi connectivity index (χ4v) is 2.23. The lowest BCUT2D eigenvalue weighted by Crippen LogP contribution is -2.28. The molecule has 2 aromatic heterocycles. The van der Waals surface area contributed by atoms with E-state index < -0.39 is 18.2 Å². The number of aliphatic hydroxyl groups is 1. The summed E-state index contributed by atoms with van der Waals surface area (Å²) >= 11 is 0. The number of alkyl halides is 3. The number of carbonyl (C=O) groups is 1. The molecule has 2 heterocycles. The molecule has 0 unspecified atom stereocenters. The van der Waals surface area contributed by atoms with Crippen LogP contribution < -0.4 is 4.74 Å². The van der Waals surface area contributed by atoms with Crippen molar-refractivity contribution >= 4 is 11.3 Å². The molecular formula is C16H19F3N2O3. The lowest BCUT2D eigenvalue weighted by atomic mass is 10.1. The van der Waals surface area contributed by atoms with Crippen LogP contribution in [-0.4, -0.2) is 38.9 Å². The maximum absolute atomic E-state index is 12.6. The van der Waals surface area contributed by atoms with Gasteiger partial charge in [0, 0.05) is 12.8 Å². The van der Waals surface area contributed by atoms with Gasteiger partial charge in [0.05, 0.1) is 28.6 Å². The number of hydrogen-bond donors (Lipinski definition) is 1. The van der Waals surface area contributed by atoms with E-state index in [4.69, 9.17) is 4.74 Å². The van der Waals surface area contributed by atoms with Crippen LogP contribution in [0.2, 0.25) is 0 Å². The minimum absolute atomic E-state index is 0.0850. The number of rotatable bonds is 6. The van der Waals surface area contributed by atoms with Crippen LogP contribution in [0.5, 0.6) is 5.75 Å². The Morgan fingerprint density at radius 2 is 2.00 bits per heavy atom. The van der Waals surface area contributed by atoms with Crippen molar-refractivity contribution in [3.8, 4) is 5.75 Å². The molecule has 2 aromatic rings. The minimum atomic E-state index is -4.33. The third-order valence-corrected chi connectivity index (χ3v) is 3.34. The minimum Gasteiger partial charge on any atom is -0.489 e. The first-order chi connectivity index (χ1) is 11.0. The van der Waals surface area contributed by atoms with E-state index in [9.17, 15) is 23.1 Å². The maximum atomic E-state index is 12.6. The average molecular weight is 344 g/mol. The molecule has 2 rings (SSSR count). The zero-order chi connectivity index (χ0) is 18.1. The first-order valence-electron chi connectivity index (χ1n) is 7.40. The molecule has 0 aliphatic heterocycles. The van der Waals surface area contributed by atoms with Crippen molar-refractivity contribution < 1.29 is 27.8 Å². The van der Waals surface area contributed by atoms with Gasteiger partial charge in [0.15, 0.2) is 5.78 Å². The number of hydrogen-bond acceptors (Lipinski definition) is 4. The highest BCUT2D eigenvalue weighted by Crippen LogP contribution is 2.29. The molecule has 0 bridgehead atoms. The van der Waals surface area contributed by atoms with E-state index in [2.05, 4.69) is 5.10 Å². The molecule has 0 aliphatic rings. The molecule has 132 valence electrons. The van der Waals surface area contributed by atoms with Gasteiger partial charge in [-0.25, -0.2) is 4.52 Å². The van der Waals surface area contributed by atoms with Gasteiger partial charge in [-0.05, 0) is 32.9 Å². The number of halogens is 3. The number of fused-ring (bicyclic) bond motifs is 1. The van der Waals surface area contributed by atoms with Crippen LogP contribution in [0.25, 0.3) is 5.52 Å². The highest BCUT2D eigenvalue weighted by Gasteiger charge is 2.28. The Labute approximate surface area is 137 Å². The molecule has 0 radical (unpaired) electrons. The van der Waals surface area contributed by atoms with Crippen LogP contribution >= 0.6 is 0 Å². The average Bonchev–Trinajstić information content (AvgIpc) is 2.85. The largest absolute Gasteiger partial charge is 0.489 e. The standard InChI is InChI=1S/C16H19F3N2O3/c1-10(22)11-8-20-21-12(11)4-5-14(24-9-15(2,3)23)13(21)6-7-16(17,18)19/h4-5,8,23H,6-7,9H2,1-3H3. The zero-order valence-electron chi connectivity index (χ0n) is 13.6. The van der Waals surface area contributed by atoms with Gasteiger partial charge in [-0.15, -0.1) is 0 Å². The van der Waals surface area contributed by atoms with Gasteiger partial charge >= 0.3 is 6.18 Å². The maximum Gasteiger partial charge on any atom is 0.389 e. The normalized spacial score (nSPS) is 12.6. The number of aromatic nitrogens is 2. The van der Waals surface area contributed by atoms with E-state index in [0.29, 0.717) is 11.1 Å². The van der Waals surface area contributed by atoms with Crippen LogP contribution in [0.1, 0.15) is 43.2 Å². The Hall–Kier alpha value is -2.09. The quantitative estimate of drug-likeness (QED) is 0.818. The fourth-order valence-electron chi connectivity index (χ4n) is 2.23. The Kier molecular flexibility index (Phi) is 4.89. The van der Waals surface area contributed by atoms with Crippen LogP contribution in [0, 0.1) is 0 Å². The van der Waals surface area contributed by atoms with E-state index in [1.165, 1.54) is 37.5 Å². The summed E-state index contributed by atoms with van der Waals surface area (Å²) in [5, 5.41) is 13.8. The number of pyridine rings is 1. The van der Waals surface area contributed by atoms with Crippen molar-refractivity contribution in [3.63, 3.8) is 0 Å². The molecule has 8 heteroatoms. The summed E-state index contributed by atoms with van der Waals surface area (Å²) in [6, 6.07) is 3.07. The van der Waals surface area contributed by atoms with Crippen LogP contribution in [0.15, 0.2) is 18.3 Å². The Balaban J connectivity index is 2.46. The number of aryl methyl sites for hydroxylation is 1. The SMILES string of the molecule is CC(=O)c1cnn2c(CCC(F)(F)F)c(OCC(C)(C)O)ccc12. The molecule has 0 amide bonds. The van der Waals surface area contributed by atoms with Gasteiger partial charge in [0.2, 0.25) is 0 Å². The second kappa shape index (κ2) is 6.43. The van der Waals surface area contributed by atoms with Crippen molar-refractivity contribution in [2.75, 3.05) is 6.61 Å². The van der Waals surface area contributed by atoms with Crippen molar-refractivity contribution in [2.24, 2.45) is 0 Å². The van der Waals surface area contributed by atoms with Gasteiger partial charge in [-0.3, -0.25) is 4.79 Å². The summed E-state index contributed by atoms with van der Waals surface area (Å²) < 4.78 is 44.6. The molecule has 1 N–H and O–H groups in total. The Bertz CT molecular complexity index is 745. The van der Waals surface area contributed by atoms with Gasteiger partial charge < -0.3 is 9.84 Å². The molecular weight excluding hydrogens is 325 g/mol. The van der Waals surface area contributed by atoms with Crippen molar-refractivity contribution in [2.45, 2.75) is 45.4 Å². The molecule has 0 saturated carbocycles. The van der Waals surface area contributed by atoms with Crippen LogP contribution in [0.3, 0.4) is 0 Å². The highest BCUT2D eigenvalue weighted by atomic mass is 19.4. The van der Waals surface area contributed by atoms with Gasteiger partial charge in [0.1, 0.15) is 12.4 Å². The number of ether oxygens (including phenoxy) is 1. The monoisotopic (exact) mass is 344 g/mol. The number of carbonyl (C=O) groups excluding carboxylic acids is 1. The molecule has 0 spiro atoms. The van der Waals surface area contributed by atoms with E-state index in [-0.39, 0.29) is 30.3 Å². The highest BCUT2D eigenvalue weighted by molar-refractivity contribution is 6.00. The second-order valence-corrected chi connectivity index (χ2v) is 6.27. The van der Waals surface area contributed by atoms with Gasteiger partial charge in [-0.2, -0.15) is 18.3 Å². The first-order valence-corrected chi connectivity index (χ1v) is 7.40. The lowest BCUT2D eigenvalue weighted by molar-refractivity contribution is -0.134. The van der Waals surface area contributed by atoms with Crippen molar-refractivity contribution in [1.29, 1.82) is 0 Å². The molecule has 24 heavy (non-hydrogen) atoms. The third kappa shape index (κ3) is 4.47. The van der Waals surface area contributed by atoms with Crippen LogP contribution in [0.4, 0.5) is 13.2 Å². The smallest absolute Gasteiger partial charge is 0.389 e. The van der Waals surface area contributed by atoms with Gasteiger partial charge in [0.25, 0.3) is 0 Å². The third-order valence-electron chi connectivity index (χ3n) is 3.34. The van der Waals surface area contributed by atoms with E-state index >= 15 is 0 Å². The molecule has 0 fully saturated rings. The summed E-state index contributed by atoms with van der Waals surface area (Å²) in [6.45, 7) is 4.34. The Morgan fingerprint density at radius 3 is 2.54 bits per heavy atom. The summed E-state index contributed by atoms with van der Waals surface area (Å²) in [5.74, 6) is -0.0241. The lowest BCUT2D eigenvalue weighted by Gasteiger charge is -2.20. The number of nitrogens with zero attached hydrogens (tertiary/aromatic N) is 2. The summed E-state index contributed by atoms with van der Waals surface area (Å²) in [7, 11) is 0. The summed E-state index contributed by atoms with van der Waals surface area (Å²) in [6.07, 6.45) is -4.39. The molecule has 5 nitrogen and oxygen atoms in total. The topological polar surface area (TPSA) is 63.8 Å².